The van der Waals surface area contributed by atoms with Gasteiger partial charge in [0.2, 0.25) is 0 Å². The lowest BCUT2D eigenvalue weighted by Gasteiger charge is -1.96. The lowest BCUT2D eigenvalue weighted by molar-refractivity contribution is 0.479. The van der Waals surface area contributed by atoms with Crippen LogP contribution in [0.5, 0.6) is 5.75 Å². The highest BCUT2D eigenvalue weighted by Crippen LogP contribution is 2.24. The third kappa shape index (κ3) is 0.797. The molecule has 11 heavy (non-hydrogen) atoms. The number of anilines is 1. The molecule has 1 aromatic carbocycles. The molecule has 0 aliphatic heterocycles. The number of benzene rings is 1. The minimum absolute atomic E-state index is 0.0962. The van der Waals surface area contributed by atoms with Gasteiger partial charge in [-0.1, -0.05) is 0 Å². The number of fused-ring (bicyclic) bond motifs is 1. The van der Waals surface area contributed by atoms with E-state index in [0.29, 0.717) is 5.69 Å². The second kappa shape index (κ2) is 1.88. The second-order valence-corrected chi connectivity index (χ2v) is 2.37. The van der Waals surface area contributed by atoms with Crippen molar-refractivity contribution < 1.29 is 5.11 Å². The summed E-state index contributed by atoms with van der Waals surface area (Å²) >= 11 is 0. The van der Waals surface area contributed by atoms with Crippen LogP contribution < -0.4 is 5.73 Å². The van der Waals surface area contributed by atoms with Crippen LogP contribution in [0.4, 0.5) is 5.69 Å². The summed E-state index contributed by atoms with van der Waals surface area (Å²) in [5.41, 5.74) is 6.64. The largest absolute Gasteiger partial charge is 0.506 e. The zero-order valence-electron chi connectivity index (χ0n) is 5.70. The molecule has 56 valence electrons. The highest BCUT2D eigenvalue weighted by Gasteiger charge is 2.00. The minimum atomic E-state index is 0.0962. The van der Waals surface area contributed by atoms with Crippen molar-refractivity contribution in [3.05, 3.63) is 18.3 Å². The molecule has 4 N–H and O–H groups in total. The Hall–Kier alpha value is -1.71. The molecule has 4 nitrogen and oxygen atoms in total. The summed E-state index contributed by atoms with van der Waals surface area (Å²) < 4.78 is 0. The molecule has 2 aromatic rings. The Morgan fingerprint density at radius 2 is 2.27 bits per heavy atom. The smallest absolute Gasteiger partial charge is 0.139 e. The van der Waals surface area contributed by atoms with Crippen LogP contribution in [0.2, 0.25) is 0 Å². The summed E-state index contributed by atoms with van der Waals surface area (Å²) in [5, 5.41) is 16.6. The van der Waals surface area contributed by atoms with Crippen LogP contribution in [-0.2, 0) is 0 Å². The van der Waals surface area contributed by atoms with Crippen molar-refractivity contribution >= 4 is 16.6 Å². The maximum absolute atomic E-state index is 9.17. The van der Waals surface area contributed by atoms with E-state index in [1.54, 1.807) is 18.3 Å². The van der Waals surface area contributed by atoms with E-state index in [1.807, 2.05) is 0 Å². The minimum Gasteiger partial charge on any atom is -0.506 e. The van der Waals surface area contributed by atoms with E-state index in [-0.39, 0.29) is 5.75 Å². The van der Waals surface area contributed by atoms with E-state index in [9.17, 15) is 0 Å². The molecule has 0 saturated heterocycles. The Balaban J connectivity index is 2.86. The number of H-pyrrole nitrogens is 1. The first-order chi connectivity index (χ1) is 5.27. The standard InChI is InChI=1S/C7H7N3O/c8-5-2-6-4(1-7(5)11)3-9-10-6/h1-3,11H,8H2,(H,9,10). The number of hydrogen-bond donors (Lipinski definition) is 3. The number of phenolic OH excluding ortho intramolecular Hbond substituents is 1. The van der Waals surface area contributed by atoms with Gasteiger partial charge in [0.15, 0.2) is 0 Å². The van der Waals surface area contributed by atoms with Gasteiger partial charge in [-0.15, -0.1) is 0 Å². The van der Waals surface area contributed by atoms with Gasteiger partial charge in [0, 0.05) is 5.39 Å². The number of rotatable bonds is 0. The summed E-state index contributed by atoms with van der Waals surface area (Å²) in [4.78, 5) is 0. The molecule has 1 heterocycles. The fraction of sp³-hybridized carbons (Fsp3) is 0. The maximum Gasteiger partial charge on any atom is 0.139 e. The quantitative estimate of drug-likeness (QED) is 0.384. The number of aromatic nitrogens is 2. The Kier molecular flexibility index (Phi) is 1.03. The fourth-order valence-corrected chi connectivity index (χ4v) is 0.996. The van der Waals surface area contributed by atoms with Crippen molar-refractivity contribution in [3.8, 4) is 5.75 Å². The van der Waals surface area contributed by atoms with Gasteiger partial charge in [-0.05, 0) is 12.1 Å². The molecule has 0 radical (unpaired) electrons. The average Bonchev–Trinajstić information content (AvgIpc) is 2.36. The molecule has 0 amide bonds. The zero-order chi connectivity index (χ0) is 7.84. The topological polar surface area (TPSA) is 74.9 Å². The van der Waals surface area contributed by atoms with Gasteiger partial charge in [-0.25, -0.2) is 0 Å². The molecule has 0 fully saturated rings. The Morgan fingerprint density at radius 3 is 3.09 bits per heavy atom. The van der Waals surface area contributed by atoms with Crippen LogP contribution in [0.25, 0.3) is 10.9 Å². The molecule has 0 spiro atoms. The summed E-state index contributed by atoms with van der Waals surface area (Å²) in [7, 11) is 0. The first kappa shape index (κ1) is 6.03. The molecule has 0 aliphatic carbocycles. The van der Waals surface area contributed by atoms with Crippen LogP contribution in [0, 0.1) is 0 Å². The number of nitrogen functional groups attached to an aromatic ring is 1. The van der Waals surface area contributed by atoms with E-state index in [1.165, 1.54) is 0 Å². The van der Waals surface area contributed by atoms with Gasteiger partial charge in [-0.2, -0.15) is 5.10 Å². The fourth-order valence-electron chi connectivity index (χ4n) is 0.996. The molecular weight excluding hydrogens is 142 g/mol. The molecule has 2 rings (SSSR count). The predicted octanol–water partition coefficient (Wildman–Crippen LogP) is 0.851. The first-order valence-electron chi connectivity index (χ1n) is 3.19. The van der Waals surface area contributed by atoms with Gasteiger partial charge in [-0.3, -0.25) is 5.10 Å². The second-order valence-electron chi connectivity index (χ2n) is 2.37. The number of aromatic hydroxyl groups is 1. The Morgan fingerprint density at radius 1 is 1.45 bits per heavy atom. The Bertz CT molecular complexity index is 357. The zero-order valence-corrected chi connectivity index (χ0v) is 5.70. The monoisotopic (exact) mass is 149 g/mol. The molecule has 0 bridgehead atoms. The van der Waals surface area contributed by atoms with E-state index >= 15 is 0 Å². The van der Waals surface area contributed by atoms with Crippen molar-refractivity contribution in [2.45, 2.75) is 0 Å². The normalized spacial score (nSPS) is 10.5. The molecule has 4 heteroatoms. The van der Waals surface area contributed by atoms with E-state index in [2.05, 4.69) is 10.2 Å². The highest BCUT2D eigenvalue weighted by molar-refractivity contribution is 5.84. The predicted molar refractivity (Wildman–Crippen MR) is 42.2 cm³/mol. The molecule has 0 aliphatic rings. The van der Waals surface area contributed by atoms with E-state index in [0.717, 1.165) is 10.9 Å². The maximum atomic E-state index is 9.17. The average molecular weight is 149 g/mol. The Labute approximate surface area is 62.6 Å². The summed E-state index contributed by atoms with van der Waals surface area (Å²) in [5.74, 6) is 0.0962. The highest BCUT2D eigenvalue weighted by atomic mass is 16.3. The summed E-state index contributed by atoms with van der Waals surface area (Å²) in [6.45, 7) is 0. The van der Waals surface area contributed by atoms with Crippen LogP contribution in [-0.4, -0.2) is 15.3 Å². The molecular formula is C7H7N3O. The van der Waals surface area contributed by atoms with Crippen LogP contribution in [0.3, 0.4) is 0 Å². The number of aromatic amines is 1. The van der Waals surface area contributed by atoms with Crippen LogP contribution >= 0.6 is 0 Å². The summed E-state index contributed by atoms with van der Waals surface area (Å²) in [6, 6.07) is 3.23. The number of nitrogens with two attached hydrogens (primary N) is 1. The van der Waals surface area contributed by atoms with Gasteiger partial charge >= 0.3 is 0 Å². The summed E-state index contributed by atoms with van der Waals surface area (Å²) in [6.07, 6.45) is 1.63. The molecule has 0 saturated carbocycles. The van der Waals surface area contributed by atoms with Crippen molar-refractivity contribution in [2.24, 2.45) is 0 Å². The number of nitrogens with zero attached hydrogens (tertiary/aromatic N) is 1. The molecule has 0 atom stereocenters. The van der Waals surface area contributed by atoms with Gasteiger partial charge < -0.3 is 10.8 Å². The number of nitrogens with one attached hydrogen (secondary N) is 1. The van der Waals surface area contributed by atoms with Crippen molar-refractivity contribution in [1.29, 1.82) is 0 Å². The van der Waals surface area contributed by atoms with Gasteiger partial charge in [0.25, 0.3) is 0 Å². The van der Waals surface area contributed by atoms with E-state index in [4.69, 9.17) is 10.8 Å². The van der Waals surface area contributed by atoms with Crippen LogP contribution in [0.1, 0.15) is 0 Å². The SMILES string of the molecule is Nc1cc2[nH]ncc2cc1O. The lowest BCUT2D eigenvalue weighted by atomic mass is 10.2. The number of phenols is 1. The number of hydrogen-bond acceptors (Lipinski definition) is 3. The van der Waals surface area contributed by atoms with Gasteiger partial charge in [0.1, 0.15) is 5.75 Å². The van der Waals surface area contributed by atoms with E-state index < -0.39 is 0 Å². The molecule has 1 aromatic heterocycles. The van der Waals surface area contributed by atoms with Gasteiger partial charge in [0.05, 0.1) is 17.4 Å². The molecule has 0 unspecified atom stereocenters. The third-order valence-electron chi connectivity index (χ3n) is 1.59. The third-order valence-corrected chi connectivity index (χ3v) is 1.59. The van der Waals surface area contributed by atoms with Crippen molar-refractivity contribution in [1.82, 2.24) is 10.2 Å². The van der Waals surface area contributed by atoms with Crippen molar-refractivity contribution in [3.63, 3.8) is 0 Å². The first-order valence-corrected chi connectivity index (χ1v) is 3.19. The lowest BCUT2D eigenvalue weighted by Crippen LogP contribution is -1.84. The van der Waals surface area contributed by atoms with Crippen LogP contribution in [0.15, 0.2) is 18.3 Å². The van der Waals surface area contributed by atoms with Crippen molar-refractivity contribution in [2.75, 3.05) is 5.73 Å².